The number of ether oxygens (including phenoxy) is 1. The zero-order valence-corrected chi connectivity index (χ0v) is 11.7. The Bertz CT molecular complexity index is 493. The Morgan fingerprint density at radius 1 is 1.50 bits per heavy atom. The minimum atomic E-state index is -0.871. The maximum Gasteiger partial charge on any atom is 0.161 e. The molecule has 3 aliphatic rings. The maximum atomic E-state index is 12.6. The molecular formula is C15H20N2O3. The van der Waals surface area contributed by atoms with Gasteiger partial charge in [0.2, 0.25) is 0 Å². The molecule has 0 radical (unpaired) electrons. The van der Waals surface area contributed by atoms with Crippen LogP contribution in [-0.2, 0) is 9.53 Å². The van der Waals surface area contributed by atoms with Crippen LogP contribution < -0.4 is 0 Å². The average molecular weight is 276 g/mol. The van der Waals surface area contributed by atoms with Crippen molar-refractivity contribution in [2.24, 2.45) is 5.92 Å². The van der Waals surface area contributed by atoms with Gasteiger partial charge in [0.25, 0.3) is 0 Å². The van der Waals surface area contributed by atoms with Gasteiger partial charge in [-0.3, -0.25) is 14.7 Å². The van der Waals surface area contributed by atoms with E-state index in [1.165, 1.54) is 0 Å². The van der Waals surface area contributed by atoms with Crippen LogP contribution in [0.15, 0.2) is 24.5 Å². The summed E-state index contributed by atoms with van der Waals surface area (Å²) in [6, 6.07) is 4.15. The third-order valence-electron chi connectivity index (χ3n) is 4.72. The number of aliphatic hydroxyl groups excluding tert-OH is 1. The molecule has 0 amide bonds. The van der Waals surface area contributed by atoms with Gasteiger partial charge in [-0.15, -0.1) is 0 Å². The summed E-state index contributed by atoms with van der Waals surface area (Å²) in [5, 5.41) is 9.87. The van der Waals surface area contributed by atoms with Gasteiger partial charge in [-0.25, -0.2) is 0 Å². The highest BCUT2D eigenvalue weighted by atomic mass is 16.5. The number of carbonyl (C=O) groups excluding carboxylic acids is 1. The van der Waals surface area contributed by atoms with Crippen LogP contribution >= 0.6 is 0 Å². The van der Waals surface area contributed by atoms with Gasteiger partial charge in [0.1, 0.15) is 5.54 Å². The number of nitrogens with zero attached hydrogens (tertiary/aromatic N) is 2. The van der Waals surface area contributed by atoms with Crippen LogP contribution in [0, 0.1) is 5.92 Å². The number of rotatable bonds is 4. The normalized spacial score (nSPS) is 36.3. The number of ketones is 1. The first kappa shape index (κ1) is 13.7. The second-order valence-corrected chi connectivity index (χ2v) is 5.70. The summed E-state index contributed by atoms with van der Waals surface area (Å²) in [6.07, 6.45) is 5.26. The van der Waals surface area contributed by atoms with E-state index in [9.17, 15) is 9.90 Å². The fourth-order valence-electron chi connectivity index (χ4n) is 3.75. The zero-order chi connectivity index (χ0) is 14.2. The lowest BCUT2D eigenvalue weighted by molar-refractivity contribution is -0.166. The number of Topliss-reactive ketones (excluding diaryl/α,β-unsaturated/α-hetero) is 1. The maximum absolute atomic E-state index is 12.6. The largest absolute Gasteiger partial charge is 0.394 e. The van der Waals surface area contributed by atoms with Gasteiger partial charge in [-0.1, -0.05) is 0 Å². The molecule has 4 rings (SSSR count). The van der Waals surface area contributed by atoms with Crippen LogP contribution in [0.5, 0.6) is 0 Å². The lowest BCUT2D eigenvalue weighted by atomic mass is 9.69. The molecular weight excluding hydrogens is 256 g/mol. The van der Waals surface area contributed by atoms with E-state index in [4.69, 9.17) is 4.74 Å². The molecule has 4 atom stereocenters. The standard InChI is InChI=1S/C15H20N2O3/c1-20-10-15(9-18)14(19)12-4-7-17(15)13(8-12)11-2-5-16-6-3-11/h2-3,5-6,12-13,18H,4,7-10H2,1H3/t12?,13-,15?/m0/s1. The highest BCUT2D eigenvalue weighted by molar-refractivity contribution is 5.92. The predicted molar refractivity (Wildman–Crippen MR) is 73.1 cm³/mol. The van der Waals surface area contributed by atoms with E-state index in [1.54, 1.807) is 19.5 Å². The van der Waals surface area contributed by atoms with Gasteiger partial charge in [-0.05, 0) is 30.5 Å². The van der Waals surface area contributed by atoms with Crippen molar-refractivity contribution in [1.29, 1.82) is 0 Å². The van der Waals surface area contributed by atoms with E-state index in [0.717, 1.165) is 24.9 Å². The van der Waals surface area contributed by atoms with Crippen molar-refractivity contribution in [2.45, 2.75) is 24.4 Å². The summed E-state index contributed by atoms with van der Waals surface area (Å²) < 4.78 is 5.25. The quantitative estimate of drug-likeness (QED) is 0.881. The van der Waals surface area contributed by atoms with Crippen LogP contribution in [0.3, 0.4) is 0 Å². The first-order valence-electron chi connectivity index (χ1n) is 7.03. The molecule has 0 aliphatic carbocycles. The summed E-state index contributed by atoms with van der Waals surface area (Å²) in [6.45, 7) is 0.894. The third-order valence-corrected chi connectivity index (χ3v) is 4.72. The Kier molecular flexibility index (Phi) is 3.58. The topological polar surface area (TPSA) is 62.7 Å². The van der Waals surface area contributed by atoms with E-state index in [1.807, 2.05) is 12.1 Å². The van der Waals surface area contributed by atoms with Crippen molar-refractivity contribution in [3.8, 4) is 0 Å². The third kappa shape index (κ3) is 1.89. The van der Waals surface area contributed by atoms with Crippen LogP contribution in [0.1, 0.15) is 24.4 Å². The van der Waals surface area contributed by atoms with E-state index >= 15 is 0 Å². The average Bonchev–Trinajstić information content (AvgIpc) is 2.52. The molecule has 5 nitrogen and oxygen atoms in total. The summed E-state index contributed by atoms with van der Waals surface area (Å²) in [5.41, 5.74) is 0.287. The van der Waals surface area contributed by atoms with Crippen molar-refractivity contribution in [3.63, 3.8) is 0 Å². The van der Waals surface area contributed by atoms with Crippen molar-refractivity contribution >= 4 is 5.78 Å². The van der Waals surface area contributed by atoms with Crippen molar-refractivity contribution in [3.05, 3.63) is 30.1 Å². The van der Waals surface area contributed by atoms with Crippen molar-refractivity contribution < 1.29 is 14.6 Å². The zero-order valence-electron chi connectivity index (χ0n) is 11.7. The Labute approximate surface area is 118 Å². The van der Waals surface area contributed by atoms with Gasteiger partial charge in [0.15, 0.2) is 5.78 Å². The van der Waals surface area contributed by atoms with Gasteiger partial charge >= 0.3 is 0 Å². The Morgan fingerprint density at radius 3 is 2.90 bits per heavy atom. The highest BCUT2D eigenvalue weighted by Crippen LogP contribution is 2.46. The number of hydrogen-bond acceptors (Lipinski definition) is 5. The number of fused-ring (bicyclic) bond motifs is 3. The number of pyridine rings is 1. The van der Waals surface area contributed by atoms with Crippen molar-refractivity contribution in [2.75, 3.05) is 26.9 Å². The number of carbonyl (C=O) groups is 1. The van der Waals surface area contributed by atoms with Crippen molar-refractivity contribution in [1.82, 2.24) is 9.88 Å². The minimum Gasteiger partial charge on any atom is -0.394 e. The van der Waals surface area contributed by atoms with E-state index in [0.29, 0.717) is 0 Å². The van der Waals surface area contributed by atoms with E-state index < -0.39 is 5.54 Å². The number of aromatic nitrogens is 1. The molecule has 20 heavy (non-hydrogen) atoms. The monoisotopic (exact) mass is 276 g/mol. The molecule has 3 fully saturated rings. The summed E-state index contributed by atoms with van der Waals surface area (Å²) in [5.74, 6) is 0.166. The molecule has 0 saturated carbocycles. The van der Waals surface area contributed by atoms with Crippen LogP contribution in [0.4, 0.5) is 0 Å². The van der Waals surface area contributed by atoms with Crippen LogP contribution in [0.2, 0.25) is 0 Å². The van der Waals surface area contributed by atoms with Gasteiger partial charge < -0.3 is 9.84 Å². The molecule has 2 bridgehead atoms. The molecule has 5 heteroatoms. The molecule has 0 spiro atoms. The van der Waals surface area contributed by atoms with Crippen LogP contribution in [-0.4, -0.2) is 53.2 Å². The number of piperidine rings is 3. The fourth-order valence-corrected chi connectivity index (χ4v) is 3.75. The Balaban J connectivity index is 1.99. The van der Waals surface area contributed by atoms with Crippen LogP contribution in [0.25, 0.3) is 0 Å². The van der Waals surface area contributed by atoms with Gasteiger partial charge in [-0.2, -0.15) is 0 Å². The molecule has 1 aromatic heterocycles. The second kappa shape index (κ2) is 5.24. The molecule has 3 unspecified atom stereocenters. The first-order chi connectivity index (χ1) is 9.73. The highest BCUT2D eigenvalue weighted by Gasteiger charge is 2.56. The smallest absolute Gasteiger partial charge is 0.161 e. The fraction of sp³-hybridized carbons (Fsp3) is 0.600. The minimum absolute atomic E-state index is 0.0282. The summed E-state index contributed by atoms with van der Waals surface area (Å²) in [7, 11) is 1.58. The molecule has 3 aliphatic heterocycles. The second-order valence-electron chi connectivity index (χ2n) is 5.70. The number of methoxy groups -OCH3 is 1. The molecule has 1 N–H and O–H groups in total. The lowest BCUT2D eigenvalue weighted by Gasteiger charge is -2.55. The predicted octanol–water partition coefficient (Wildman–Crippen LogP) is 0.795. The van der Waals surface area contributed by atoms with Gasteiger partial charge in [0, 0.05) is 38.0 Å². The summed E-state index contributed by atoms with van der Waals surface area (Å²) >= 11 is 0. The van der Waals surface area contributed by atoms with Gasteiger partial charge in [0.05, 0.1) is 13.2 Å². The molecule has 4 heterocycles. The number of aliphatic hydroxyl groups is 1. The molecule has 3 saturated heterocycles. The Hall–Kier alpha value is -1.30. The molecule has 0 aromatic carbocycles. The number of hydrogen-bond donors (Lipinski definition) is 1. The van der Waals surface area contributed by atoms with E-state index in [2.05, 4.69) is 9.88 Å². The SMILES string of the molecule is COCC1(CO)C(=O)C2CCN1[C@H](c1ccncc1)C2. The van der Waals surface area contributed by atoms with E-state index in [-0.39, 0.29) is 31.0 Å². The molecule has 1 aromatic rings. The molecule has 108 valence electrons. The lowest BCUT2D eigenvalue weighted by Crippen LogP contribution is -2.69. The summed E-state index contributed by atoms with van der Waals surface area (Å²) in [4.78, 5) is 18.8. The first-order valence-corrected chi connectivity index (χ1v) is 7.03. The Morgan fingerprint density at radius 2 is 2.25 bits per heavy atom.